The first-order chi connectivity index (χ1) is 10.9. The van der Waals surface area contributed by atoms with Crippen LogP contribution in [0.15, 0.2) is 40.9 Å². The fourth-order valence-corrected chi connectivity index (χ4v) is 2.88. The standard InChI is InChI=1S/C18H20N2O3/c1-11-9-15(12(2)23-11)18(3,22)10-20-17(21)14-6-4-5-13-7-8-19-16(13)14/h4-9,19,22H,10H2,1-3H3,(H,20,21). The van der Waals surface area contributed by atoms with Gasteiger partial charge in [-0.05, 0) is 39.0 Å². The van der Waals surface area contributed by atoms with Crippen molar-refractivity contribution in [3.8, 4) is 0 Å². The third kappa shape index (κ3) is 2.87. The average molecular weight is 312 g/mol. The zero-order valence-corrected chi connectivity index (χ0v) is 13.4. The topological polar surface area (TPSA) is 78.3 Å². The number of benzene rings is 1. The van der Waals surface area contributed by atoms with E-state index in [0.717, 1.165) is 16.7 Å². The summed E-state index contributed by atoms with van der Waals surface area (Å²) >= 11 is 0. The maximum absolute atomic E-state index is 12.5. The Hall–Kier alpha value is -2.53. The van der Waals surface area contributed by atoms with Crippen LogP contribution in [0.2, 0.25) is 0 Å². The summed E-state index contributed by atoms with van der Waals surface area (Å²) in [5, 5.41) is 14.4. The van der Waals surface area contributed by atoms with Crippen LogP contribution in [0.3, 0.4) is 0 Å². The molecule has 1 aromatic carbocycles. The number of rotatable bonds is 4. The monoisotopic (exact) mass is 312 g/mol. The van der Waals surface area contributed by atoms with Crippen LogP contribution in [0, 0.1) is 13.8 Å². The third-order valence-corrected chi connectivity index (χ3v) is 4.05. The minimum Gasteiger partial charge on any atom is -0.466 e. The summed E-state index contributed by atoms with van der Waals surface area (Å²) in [5.41, 5.74) is 0.845. The highest BCUT2D eigenvalue weighted by Crippen LogP contribution is 2.26. The van der Waals surface area contributed by atoms with Crippen LogP contribution in [-0.4, -0.2) is 22.5 Å². The summed E-state index contributed by atoms with van der Waals surface area (Å²) in [5.74, 6) is 1.17. The summed E-state index contributed by atoms with van der Waals surface area (Å²) < 4.78 is 5.46. The predicted octanol–water partition coefficient (Wildman–Crippen LogP) is 3.02. The first-order valence-corrected chi connectivity index (χ1v) is 7.53. The van der Waals surface area contributed by atoms with E-state index in [0.29, 0.717) is 16.9 Å². The van der Waals surface area contributed by atoms with Gasteiger partial charge in [-0.3, -0.25) is 4.79 Å². The molecule has 0 fully saturated rings. The molecule has 0 aliphatic heterocycles. The summed E-state index contributed by atoms with van der Waals surface area (Å²) in [7, 11) is 0. The second-order valence-corrected chi connectivity index (χ2v) is 6.03. The maximum atomic E-state index is 12.5. The minimum atomic E-state index is -1.19. The number of amides is 1. The molecule has 1 unspecified atom stereocenters. The van der Waals surface area contributed by atoms with Gasteiger partial charge in [0, 0.05) is 17.1 Å². The zero-order valence-electron chi connectivity index (χ0n) is 13.4. The molecule has 120 valence electrons. The molecular weight excluding hydrogens is 292 g/mol. The maximum Gasteiger partial charge on any atom is 0.253 e. The quantitative estimate of drug-likeness (QED) is 0.693. The molecule has 0 spiro atoms. The van der Waals surface area contributed by atoms with Gasteiger partial charge in [-0.15, -0.1) is 0 Å². The molecule has 0 saturated carbocycles. The molecule has 3 aromatic rings. The molecule has 23 heavy (non-hydrogen) atoms. The van der Waals surface area contributed by atoms with Gasteiger partial charge in [0.2, 0.25) is 0 Å². The van der Waals surface area contributed by atoms with Gasteiger partial charge in [0.15, 0.2) is 0 Å². The second-order valence-electron chi connectivity index (χ2n) is 6.03. The summed E-state index contributed by atoms with van der Waals surface area (Å²) in [6, 6.07) is 9.26. The lowest BCUT2D eigenvalue weighted by atomic mass is 9.96. The number of carbonyl (C=O) groups is 1. The van der Waals surface area contributed by atoms with Crippen LogP contribution in [0.4, 0.5) is 0 Å². The fraction of sp³-hybridized carbons (Fsp3) is 0.278. The SMILES string of the molecule is Cc1cc(C(C)(O)CNC(=O)c2cccc3cc[nH]c23)c(C)o1. The van der Waals surface area contributed by atoms with Crippen molar-refractivity contribution in [3.63, 3.8) is 0 Å². The Bertz CT molecular complexity index is 858. The summed E-state index contributed by atoms with van der Waals surface area (Å²) in [6.07, 6.45) is 1.80. The van der Waals surface area contributed by atoms with Gasteiger partial charge in [0.05, 0.1) is 17.6 Å². The molecule has 0 aliphatic rings. The number of aryl methyl sites for hydroxylation is 2. The Morgan fingerprint density at radius 2 is 2.13 bits per heavy atom. The lowest BCUT2D eigenvalue weighted by Gasteiger charge is -2.23. The number of aromatic nitrogens is 1. The minimum absolute atomic E-state index is 0.0999. The van der Waals surface area contributed by atoms with Gasteiger partial charge in [-0.2, -0.15) is 0 Å². The van der Waals surface area contributed by atoms with E-state index in [1.54, 1.807) is 32.2 Å². The Labute approximate surface area is 134 Å². The summed E-state index contributed by atoms with van der Waals surface area (Å²) in [4.78, 5) is 15.5. The molecule has 3 N–H and O–H groups in total. The molecule has 1 amide bonds. The number of hydrogen-bond acceptors (Lipinski definition) is 3. The molecular formula is C18H20N2O3. The van der Waals surface area contributed by atoms with Crippen molar-refractivity contribution < 1.29 is 14.3 Å². The van der Waals surface area contributed by atoms with Crippen molar-refractivity contribution in [1.82, 2.24) is 10.3 Å². The number of H-pyrrole nitrogens is 1. The molecule has 3 rings (SSSR count). The van der Waals surface area contributed by atoms with Gasteiger partial charge in [0.25, 0.3) is 5.91 Å². The number of fused-ring (bicyclic) bond motifs is 1. The number of carbonyl (C=O) groups excluding carboxylic acids is 1. The van der Waals surface area contributed by atoms with Gasteiger partial charge < -0.3 is 19.8 Å². The molecule has 5 nitrogen and oxygen atoms in total. The van der Waals surface area contributed by atoms with Crippen molar-refractivity contribution in [2.45, 2.75) is 26.4 Å². The molecule has 0 bridgehead atoms. The van der Waals surface area contributed by atoms with Gasteiger partial charge in [0.1, 0.15) is 17.1 Å². The van der Waals surface area contributed by atoms with Crippen LogP contribution in [0.5, 0.6) is 0 Å². The number of para-hydroxylation sites is 1. The van der Waals surface area contributed by atoms with E-state index in [4.69, 9.17) is 4.42 Å². The van der Waals surface area contributed by atoms with Crippen molar-refractivity contribution in [3.05, 3.63) is 59.2 Å². The highest BCUT2D eigenvalue weighted by Gasteiger charge is 2.28. The molecule has 2 aromatic heterocycles. The van der Waals surface area contributed by atoms with Crippen LogP contribution in [0.25, 0.3) is 10.9 Å². The number of hydrogen-bond donors (Lipinski definition) is 3. The summed E-state index contributed by atoms with van der Waals surface area (Å²) in [6.45, 7) is 5.40. The van der Waals surface area contributed by atoms with E-state index in [9.17, 15) is 9.90 Å². The number of furan rings is 1. The van der Waals surface area contributed by atoms with E-state index in [2.05, 4.69) is 10.3 Å². The van der Waals surface area contributed by atoms with Crippen molar-refractivity contribution >= 4 is 16.8 Å². The molecule has 1 atom stereocenters. The van der Waals surface area contributed by atoms with Crippen LogP contribution >= 0.6 is 0 Å². The smallest absolute Gasteiger partial charge is 0.253 e. The number of aromatic amines is 1. The van der Waals surface area contributed by atoms with Gasteiger partial charge in [-0.1, -0.05) is 12.1 Å². The predicted molar refractivity (Wildman–Crippen MR) is 88.4 cm³/mol. The third-order valence-electron chi connectivity index (χ3n) is 4.05. The molecule has 5 heteroatoms. The second kappa shape index (κ2) is 5.59. The largest absolute Gasteiger partial charge is 0.466 e. The molecule has 2 heterocycles. The van der Waals surface area contributed by atoms with Gasteiger partial charge in [-0.25, -0.2) is 0 Å². The fourth-order valence-electron chi connectivity index (χ4n) is 2.88. The van der Waals surface area contributed by atoms with Crippen LogP contribution < -0.4 is 5.32 Å². The Morgan fingerprint density at radius 1 is 1.35 bits per heavy atom. The lowest BCUT2D eigenvalue weighted by Crippen LogP contribution is -2.38. The van der Waals surface area contributed by atoms with Crippen molar-refractivity contribution in [2.75, 3.05) is 6.54 Å². The number of nitrogens with one attached hydrogen (secondary N) is 2. The number of aliphatic hydroxyl groups is 1. The van der Waals surface area contributed by atoms with E-state index in [1.165, 1.54) is 0 Å². The highest BCUT2D eigenvalue weighted by molar-refractivity contribution is 6.05. The Kier molecular flexibility index (Phi) is 3.74. The molecule has 0 aliphatic carbocycles. The first-order valence-electron chi connectivity index (χ1n) is 7.53. The molecule has 0 saturated heterocycles. The zero-order chi connectivity index (χ0) is 16.6. The van der Waals surface area contributed by atoms with E-state index < -0.39 is 5.60 Å². The van der Waals surface area contributed by atoms with E-state index in [-0.39, 0.29) is 12.5 Å². The normalized spacial score (nSPS) is 13.9. The molecule has 0 radical (unpaired) electrons. The van der Waals surface area contributed by atoms with Crippen molar-refractivity contribution in [2.24, 2.45) is 0 Å². The highest BCUT2D eigenvalue weighted by atomic mass is 16.3. The van der Waals surface area contributed by atoms with Gasteiger partial charge >= 0.3 is 0 Å². The van der Waals surface area contributed by atoms with Crippen LogP contribution in [0.1, 0.15) is 34.4 Å². The van der Waals surface area contributed by atoms with Crippen LogP contribution in [-0.2, 0) is 5.60 Å². The van der Waals surface area contributed by atoms with Crippen molar-refractivity contribution in [1.29, 1.82) is 0 Å². The average Bonchev–Trinajstić information content (AvgIpc) is 3.10. The Morgan fingerprint density at radius 3 is 2.83 bits per heavy atom. The Balaban J connectivity index is 1.78. The van der Waals surface area contributed by atoms with E-state index in [1.807, 2.05) is 25.1 Å². The first kappa shape index (κ1) is 15.4. The van der Waals surface area contributed by atoms with E-state index >= 15 is 0 Å². The lowest BCUT2D eigenvalue weighted by molar-refractivity contribution is 0.0514.